The maximum Gasteiger partial charge on any atom is 0.159 e. The van der Waals surface area contributed by atoms with Crippen LogP contribution in [0, 0.1) is 6.92 Å². The normalized spacial score (nSPS) is 12.3. The molecule has 0 bridgehead atoms. The van der Waals surface area contributed by atoms with Gasteiger partial charge in [-0.3, -0.25) is 0 Å². The lowest BCUT2D eigenvalue weighted by Crippen LogP contribution is -2.09. The Balaban J connectivity index is 2.63. The smallest absolute Gasteiger partial charge is 0.159 e. The molecule has 0 aliphatic carbocycles. The molecule has 0 saturated heterocycles. The number of rotatable bonds is 0. The zero-order valence-electron chi connectivity index (χ0n) is 9.07. The molecule has 0 fully saturated rings. The highest BCUT2D eigenvalue weighted by atomic mass is 15.2. The van der Waals surface area contributed by atoms with Crippen LogP contribution in [0.5, 0.6) is 0 Å². The van der Waals surface area contributed by atoms with Crippen LogP contribution in [0.4, 0.5) is 0 Å². The van der Waals surface area contributed by atoms with Gasteiger partial charge in [-0.25, -0.2) is 0 Å². The molecule has 2 heterocycles. The molecule has 74 valence electrons. The van der Waals surface area contributed by atoms with E-state index in [2.05, 4.69) is 43.2 Å². The van der Waals surface area contributed by atoms with Crippen LogP contribution in [0.15, 0.2) is 18.5 Å². The second-order valence-corrected chi connectivity index (χ2v) is 4.71. The van der Waals surface area contributed by atoms with Gasteiger partial charge in [-0.2, -0.15) is 5.10 Å². The van der Waals surface area contributed by atoms with Gasteiger partial charge < -0.3 is 4.40 Å². The third-order valence-electron chi connectivity index (χ3n) is 2.33. The fraction of sp³-hybridized carbons (Fsp3) is 0.455. The summed E-state index contributed by atoms with van der Waals surface area (Å²) >= 11 is 0. The highest BCUT2D eigenvalue weighted by Crippen LogP contribution is 2.23. The Morgan fingerprint density at radius 1 is 1.14 bits per heavy atom. The van der Waals surface area contributed by atoms with Crippen LogP contribution in [-0.4, -0.2) is 14.6 Å². The molecule has 0 N–H and O–H groups in total. The van der Waals surface area contributed by atoms with Gasteiger partial charge in [0.2, 0.25) is 0 Å². The van der Waals surface area contributed by atoms with Crippen molar-refractivity contribution in [1.82, 2.24) is 14.6 Å². The van der Waals surface area contributed by atoms with Crippen LogP contribution in [0.25, 0.3) is 5.65 Å². The van der Waals surface area contributed by atoms with Gasteiger partial charge in [0, 0.05) is 12.4 Å². The van der Waals surface area contributed by atoms with Gasteiger partial charge in [0.05, 0.1) is 5.69 Å². The number of hydrogen-bond donors (Lipinski definition) is 0. The number of nitrogens with zero attached hydrogens (tertiary/aromatic N) is 3. The predicted molar refractivity (Wildman–Crippen MR) is 56.4 cm³/mol. The maximum atomic E-state index is 4.13. The zero-order chi connectivity index (χ0) is 10.3. The lowest BCUT2D eigenvalue weighted by Gasteiger charge is -2.15. The minimum atomic E-state index is 0.168. The number of fused-ring (bicyclic) bond motifs is 1. The molecule has 2 aromatic rings. The Kier molecular flexibility index (Phi) is 1.84. The molecule has 0 atom stereocenters. The Labute approximate surface area is 83.8 Å². The number of aryl methyl sites for hydroxylation is 1. The lowest BCUT2D eigenvalue weighted by atomic mass is 9.89. The zero-order valence-corrected chi connectivity index (χ0v) is 9.07. The summed E-state index contributed by atoms with van der Waals surface area (Å²) in [7, 11) is 0. The van der Waals surface area contributed by atoms with E-state index in [1.54, 1.807) is 0 Å². The van der Waals surface area contributed by atoms with E-state index < -0.39 is 0 Å². The van der Waals surface area contributed by atoms with Crippen molar-refractivity contribution >= 4 is 5.65 Å². The lowest BCUT2D eigenvalue weighted by molar-refractivity contribution is 0.590. The minimum absolute atomic E-state index is 0.168. The van der Waals surface area contributed by atoms with Crippen LogP contribution in [-0.2, 0) is 5.41 Å². The second-order valence-electron chi connectivity index (χ2n) is 4.71. The molecule has 3 heteroatoms. The molecule has 0 aliphatic rings. The summed E-state index contributed by atoms with van der Waals surface area (Å²) in [4.78, 5) is 0. The van der Waals surface area contributed by atoms with Crippen LogP contribution < -0.4 is 0 Å². The molecule has 0 spiro atoms. The molecule has 2 rings (SSSR count). The fourth-order valence-electron chi connectivity index (χ4n) is 1.42. The van der Waals surface area contributed by atoms with Gasteiger partial charge in [0.1, 0.15) is 0 Å². The van der Waals surface area contributed by atoms with Crippen molar-refractivity contribution in [3.8, 4) is 0 Å². The van der Waals surface area contributed by atoms with Gasteiger partial charge in [0.25, 0.3) is 0 Å². The van der Waals surface area contributed by atoms with E-state index in [-0.39, 0.29) is 5.41 Å². The fourth-order valence-corrected chi connectivity index (χ4v) is 1.42. The van der Waals surface area contributed by atoms with Crippen LogP contribution in [0.2, 0.25) is 0 Å². The van der Waals surface area contributed by atoms with Gasteiger partial charge >= 0.3 is 0 Å². The number of hydrogen-bond acceptors (Lipinski definition) is 2. The molecular weight excluding hydrogens is 174 g/mol. The molecule has 0 saturated carbocycles. The van der Waals surface area contributed by atoms with Gasteiger partial charge in [-0.15, -0.1) is 5.10 Å². The van der Waals surface area contributed by atoms with E-state index in [9.17, 15) is 0 Å². The Morgan fingerprint density at radius 2 is 1.86 bits per heavy atom. The molecule has 2 aromatic heterocycles. The third kappa shape index (κ3) is 1.50. The monoisotopic (exact) mass is 189 g/mol. The molecule has 0 aromatic carbocycles. The minimum Gasteiger partial charge on any atom is -0.305 e. The third-order valence-corrected chi connectivity index (χ3v) is 2.33. The van der Waals surface area contributed by atoms with Crippen LogP contribution in [0.1, 0.15) is 32.0 Å². The molecule has 0 unspecified atom stereocenters. The largest absolute Gasteiger partial charge is 0.305 e. The summed E-state index contributed by atoms with van der Waals surface area (Å²) in [6.07, 6.45) is 4.12. The molecule has 3 nitrogen and oxygen atoms in total. The van der Waals surface area contributed by atoms with E-state index >= 15 is 0 Å². The van der Waals surface area contributed by atoms with Crippen molar-refractivity contribution in [1.29, 1.82) is 0 Å². The van der Waals surface area contributed by atoms with Crippen molar-refractivity contribution in [2.24, 2.45) is 0 Å². The van der Waals surface area contributed by atoms with E-state index in [1.165, 1.54) is 5.56 Å². The summed E-state index contributed by atoms with van der Waals surface area (Å²) < 4.78 is 2.03. The average Bonchev–Trinajstić information content (AvgIpc) is 2.45. The summed E-state index contributed by atoms with van der Waals surface area (Å²) in [6.45, 7) is 8.54. The van der Waals surface area contributed by atoms with Crippen LogP contribution in [0.3, 0.4) is 0 Å². The first-order chi connectivity index (χ1) is 6.47. The Hall–Kier alpha value is -1.38. The van der Waals surface area contributed by atoms with E-state index in [1.807, 2.05) is 17.5 Å². The van der Waals surface area contributed by atoms with Crippen molar-refractivity contribution < 1.29 is 0 Å². The van der Waals surface area contributed by atoms with E-state index in [0.29, 0.717) is 0 Å². The van der Waals surface area contributed by atoms with Crippen molar-refractivity contribution in [3.05, 3.63) is 29.7 Å². The summed E-state index contributed by atoms with van der Waals surface area (Å²) in [5.74, 6) is 0. The molecule has 14 heavy (non-hydrogen) atoms. The van der Waals surface area contributed by atoms with Crippen molar-refractivity contribution in [2.45, 2.75) is 33.1 Å². The quantitative estimate of drug-likeness (QED) is 0.636. The summed E-state index contributed by atoms with van der Waals surface area (Å²) in [5.41, 5.74) is 3.31. The SMILES string of the molecule is Cc1cn2cc(C(C)(C)C)cc2nn1. The Bertz CT molecular complexity index is 463. The molecular formula is C11H15N3. The maximum absolute atomic E-state index is 4.13. The first kappa shape index (κ1) is 9.19. The molecule has 0 aliphatic heterocycles. The van der Waals surface area contributed by atoms with Crippen molar-refractivity contribution in [2.75, 3.05) is 0 Å². The number of aromatic nitrogens is 3. The molecule has 0 amide bonds. The first-order valence-electron chi connectivity index (χ1n) is 4.79. The van der Waals surface area contributed by atoms with Crippen molar-refractivity contribution in [3.63, 3.8) is 0 Å². The standard InChI is InChI=1S/C11H15N3/c1-8-6-14-7-9(11(2,3)4)5-10(14)13-12-8/h5-7H,1-4H3. The summed E-state index contributed by atoms with van der Waals surface area (Å²) in [5, 5.41) is 8.16. The topological polar surface area (TPSA) is 30.2 Å². The van der Waals surface area contributed by atoms with Crippen LogP contribution >= 0.6 is 0 Å². The highest BCUT2D eigenvalue weighted by Gasteiger charge is 2.15. The second kappa shape index (κ2) is 2.80. The Morgan fingerprint density at radius 3 is 2.50 bits per heavy atom. The summed E-state index contributed by atoms with van der Waals surface area (Å²) in [6, 6.07) is 2.09. The van der Waals surface area contributed by atoms with Gasteiger partial charge in [0.15, 0.2) is 5.65 Å². The molecule has 0 radical (unpaired) electrons. The highest BCUT2D eigenvalue weighted by molar-refractivity contribution is 5.44. The van der Waals surface area contributed by atoms with Gasteiger partial charge in [-0.1, -0.05) is 20.8 Å². The average molecular weight is 189 g/mol. The van der Waals surface area contributed by atoms with E-state index in [0.717, 1.165) is 11.3 Å². The van der Waals surface area contributed by atoms with Gasteiger partial charge in [-0.05, 0) is 24.0 Å². The predicted octanol–water partition coefficient (Wildman–Crippen LogP) is 2.34. The van der Waals surface area contributed by atoms with E-state index in [4.69, 9.17) is 0 Å². The first-order valence-corrected chi connectivity index (χ1v) is 4.79.